The van der Waals surface area contributed by atoms with E-state index >= 15 is 0 Å². The van der Waals surface area contributed by atoms with Crippen LogP contribution < -0.4 is 5.32 Å². The number of thiophene rings is 1. The van der Waals surface area contributed by atoms with E-state index in [1.165, 1.54) is 33.7 Å². The van der Waals surface area contributed by atoms with E-state index in [1.807, 2.05) is 11.3 Å². The topological polar surface area (TPSA) is 12.0 Å². The van der Waals surface area contributed by atoms with Gasteiger partial charge in [-0.1, -0.05) is 38.1 Å². The van der Waals surface area contributed by atoms with Crippen LogP contribution in [0.15, 0.2) is 36.4 Å². The molecule has 106 valence electrons. The van der Waals surface area contributed by atoms with Crippen LogP contribution in [0.3, 0.4) is 0 Å². The third-order valence-corrected chi connectivity index (χ3v) is 5.44. The Bertz CT molecular complexity index is 597. The summed E-state index contributed by atoms with van der Waals surface area (Å²) in [5.41, 5.74) is 3.33. The number of hydrogen-bond acceptors (Lipinski definition) is 2. The monoisotopic (exact) mass is 285 g/mol. The van der Waals surface area contributed by atoms with Gasteiger partial charge in [0.05, 0.1) is 0 Å². The number of rotatable bonds is 3. The second-order valence-electron chi connectivity index (χ2n) is 6.46. The zero-order valence-electron chi connectivity index (χ0n) is 12.6. The molecule has 1 aliphatic rings. The Balaban J connectivity index is 1.78. The molecule has 1 unspecified atom stereocenters. The lowest BCUT2D eigenvalue weighted by atomic mass is 9.71. The van der Waals surface area contributed by atoms with Crippen molar-refractivity contribution >= 4 is 11.3 Å². The van der Waals surface area contributed by atoms with Gasteiger partial charge >= 0.3 is 0 Å². The molecule has 0 radical (unpaired) electrons. The quantitative estimate of drug-likeness (QED) is 0.840. The van der Waals surface area contributed by atoms with Crippen molar-refractivity contribution in [1.82, 2.24) is 5.32 Å². The van der Waals surface area contributed by atoms with Crippen molar-refractivity contribution < 1.29 is 0 Å². The van der Waals surface area contributed by atoms with Crippen molar-refractivity contribution in [1.29, 1.82) is 0 Å². The summed E-state index contributed by atoms with van der Waals surface area (Å²) in [5.74, 6) is 0. The molecule has 0 amide bonds. The van der Waals surface area contributed by atoms with Gasteiger partial charge in [0.15, 0.2) is 0 Å². The summed E-state index contributed by atoms with van der Waals surface area (Å²) in [7, 11) is 0. The molecule has 0 aliphatic heterocycles. The highest BCUT2D eigenvalue weighted by Crippen LogP contribution is 2.41. The van der Waals surface area contributed by atoms with Crippen molar-refractivity contribution in [2.45, 2.75) is 51.6 Å². The van der Waals surface area contributed by atoms with E-state index in [0.717, 1.165) is 6.54 Å². The van der Waals surface area contributed by atoms with Crippen LogP contribution in [0.5, 0.6) is 0 Å². The minimum atomic E-state index is 0.314. The number of aryl methyl sites for hydroxylation is 1. The van der Waals surface area contributed by atoms with Gasteiger partial charge in [-0.15, -0.1) is 11.3 Å². The second-order valence-corrected chi connectivity index (χ2v) is 7.83. The van der Waals surface area contributed by atoms with Crippen LogP contribution in [0.2, 0.25) is 0 Å². The van der Waals surface area contributed by atoms with E-state index in [4.69, 9.17) is 0 Å². The van der Waals surface area contributed by atoms with Gasteiger partial charge in [0.2, 0.25) is 0 Å². The average Bonchev–Trinajstić information content (AvgIpc) is 2.84. The van der Waals surface area contributed by atoms with Crippen LogP contribution in [-0.4, -0.2) is 0 Å². The molecular formula is C18H23NS. The van der Waals surface area contributed by atoms with E-state index in [1.54, 1.807) is 0 Å². The number of nitrogens with one attached hydrogen (secondary N) is 1. The SMILES string of the molecule is Cc1ccc(CNC2CCC(C)(C)c3ccccc32)s1. The molecule has 1 heterocycles. The molecule has 1 aromatic carbocycles. The van der Waals surface area contributed by atoms with Crippen molar-refractivity contribution in [3.05, 3.63) is 57.3 Å². The standard InChI is InChI=1S/C18H23NS/c1-13-8-9-14(20-13)12-19-17-10-11-18(2,3)16-7-5-4-6-15(16)17/h4-9,17,19H,10-12H2,1-3H3. The molecule has 0 spiro atoms. The number of hydrogen-bond donors (Lipinski definition) is 1. The van der Waals surface area contributed by atoms with Gasteiger partial charge in [-0.2, -0.15) is 0 Å². The Hall–Kier alpha value is -1.12. The van der Waals surface area contributed by atoms with Crippen molar-refractivity contribution in [2.75, 3.05) is 0 Å². The molecule has 20 heavy (non-hydrogen) atoms. The number of fused-ring (bicyclic) bond motifs is 1. The maximum absolute atomic E-state index is 3.76. The highest BCUT2D eigenvalue weighted by atomic mass is 32.1. The third-order valence-electron chi connectivity index (χ3n) is 4.44. The number of benzene rings is 1. The molecule has 1 aliphatic carbocycles. The first kappa shape index (κ1) is 13.8. The summed E-state index contributed by atoms with van der Waals surface area (Å²) in [6.07, 6.45) is 2.49. The van der Waals surface area contributed by atoms with E-state index in [2.05, 4.69) is 62.5 Å². The van der Waals surface area contributed by atoms with E-state index in [-0.39, 0.29) is 0 Å². The molecule has 2 aromatic rings. The molecule has 0 fully saturated rings. The zero-order chi connectivity index (χ0) is 14.2. The van der Waals surface area contributed by atoms with Crippen LogP contribution in [0.4, 0.5) is 0 Å². The van der Waals surface area contributed by atoms with Gasteiger partial charge < -0.3 is 5.32 Å². The predicted molar refractivity (Wildman–Crippen MR) is 87.3 cm³/mol. The lowest BCUT2D eigenvalue weighted by molar-refractivity contribution is 0.358. The smallest absolute Gasteiger partial charge is 0.0326 e. The molecule has 3 rings (SSSR count). The molecule has 1 nitrogen and oxygen atoms in total. The Labute approximate surface area is 126 Å². The van der Waals surface area contributed by atoms with Crippen molar-refractivity contribution in [3.63, 3.8) is 0 Å². The minimum Gasteiger partial charge on any atom is -0.305 e. The molecule has 0 saturated carbocycles. The maximum atomic E-state index is 3.76. The van der Waals surface area contributed by atoms with E-state index < -0.39 is 0 Å². The summed E-state index contributed by atoms with van der Waals surface area (Å²) in [6.45, 7) is 7.89. The van der Waals surface area contributed by atoms with Crippen LogP contribution >= 0.6 is 11.3 Å². The molecule has 0 saturated heterocycles. The maximum Gasteiger partial charge on any atom is 0.0326 e. The first-order valence-electron chi connectivity index (χ1n) is 7.44. The van der Waals surface area contributed by atoms with Gasteiger partial charge in [-0.25, -0.2) is 0 Å². The fraction of sp³-hybridized carbons (Fsp3) is 0.444. The molecule has 1 N–H and O–H groups in total. The van der Waals surface area contributed by atoms with Gasteiger partial charge in [0.1, 0.15) is 0 Å². The highest BCUT2D eigenvalue weighted by molar-refractivity contribution is 7.11. The lowest BCUT2D eigenvalue weighted by Gasteiger charge is -2.37. The van der Waals surface area contributed by atoms with Crippen LogP contribution in [-0.2, 0) is 12.0 Å². The van der Waals surface area contributed by atoms with Crippen LogP contribution in [0, 0.1) is 6.92 Å². The summed E-state index contributed by atoms with van der Waals surface area (Å²) in [6, 6.07) is 13.9. The molecule has 1 aromatic heterocycles. The Morgan fingerprint density at radius 2 is 2.00 bits per heavy atom. The summed E-state index contributed by atoms with van der Waals surface area (Å²) >= 11 is 1.89. The second kappa shape index (κ2) is 5.34. The van der Waals surface area contributed by atoms with Crippen LogP contribution in [0.25, 0.3) is 0 Å². The fourth-order valence-corrected chi connectivity index (χ4v) is 4.07. The third kappa shape index (κ3) is 2.68. The predicted octanol–water partition coefficient (Wildman–Crippen LogP) is 4.96. The Morgan fingerprint density at radius 3 is 2.75 bits per heavy atom. The summed E-state index contributed by atoms with van der Waals surface area (Å²) < 4.78 is 0. The molecular weight excluding hydrogens is 262 g/mol. The van der Waals surface area contributed by atoms with Gasteiger partial charge in [0, 0.05) is 22.3 Å². The Kier molecular flexibility index (Phi) is 3.70. The minimum absolute atomic E-state index is 0.314. The van der Waals surface area contributed by atoms with Gasteiger partial charge in [0.25, 0.3) is 0 Å². The first-order valence-corrected chi connectivity index (χ1v) is 8.26. The summed E-state index contributed by atoms with van der Waals surface area (Å²) in [4.78, 5) is 2.83. The highest BCUT2D eigenvalue weighted by Gasteiger charge is 2.31. The molecule has 2 heteroatoms. The average molecular weight is 285 g/mol. The first-order chi connectivity index (χ1) is 9.56. The molecule has 0 bridgehead atoms. The largest absolute Gasteiger partial charge is 0.305 e. The van der Waals surface area contributed by atoms with E-state index in [9.17, 15) is 0 Å². The van der Waals surface area contributed by atoms with Crippen molar-refractivity contribution in [2.24, 2.45) is 0 Å². The zero-order valence-corrected chi connectivity index (χ0v) is 13.4. The fourth-order valence-electron chi connectivity index (χ4n) is 3.23. The lowest BCUT2D eigenvalue weighted by Crippen LogP contribution is -2.32. The van der Waals surface area contributed by atoms with E-state index in [0.29, 0.717) is 11.5 Å². The van der Waals surface area contributed by atoms with Gasteiger partial charge in [-0.05, 0) is 48.4 Å². The van der Waals surface area contributed by atoms with Crippen molar-refractivity contribution in [3.8, 4) is 0 Å². The van der Waals surface area contributed by atoms with Crippen LogP contribution in [0.1, 0.15) is 53.6 Å². The van der Waals surface area contributed by atoms with Gasteiger partial charge in [-0.3, -0.25) is 0 Å². The normalized spacial score (nSPS) is 20.6. The molecule has 1 atom stereocenters. The summed E-state index contributed by atoms with van der Waals surface area (Å²) in [5, 5.41) is 3.76. The Morgan fingerprint density at radius 1 is 1.20 bits per heavy atom.